The third kappa shape index (κ3) is 3.85. The van der Waals surface area contributed by atoms with Crippen molar-refractivity contribution >= 4 is 5.71 Å². The molecular weight excluding hydrogens is 238 g/mol. The number of hydrogen-bond acceptors (Lipinski definition) is 3. The maximum absolute atomic E-state index is 8.68. The zero-order chi connectivity index (χ0) is 13.5. The minimum absolute atomic E-state index is 0.593. The lowest BCUT2D eigenvalue weighted by molar-refractivity contribution is 0.318. The Morgan fingerprint density at radius 1 is 1.05 bits per heavy atom. The molecule has 3 heteroatoms. The van der Waals surface area contributed by atoms with Crippen LogP contribution >= 0.6 is 0 Å². The Morgan fingerprint density at radius 3 is 2.37 bits per heavy atom. The Hall–Kier alpha value is -2.29. The van der Waals surface area contributed by atoms with Crippen molar-refractivity contribution < 1.29 is 9.94 Å². The quantitative estimate of drug-likeness (QED) is 0.504. The number of ether oxygens (including phenoxy) is 1. The largest absolute Gasteiger partial charge is 0.493 e. The molecule has 0 amide bonds. The molecule has 0 aliphatic heterocycles. The zero-order valence-corrected chi connectivity index (χ0v) is 10.9. The van der Waals surface area contributed by atoms with Gasteiger partial charge in [-0.15, -0.1) is 0 Å². The highest BCUT2D eigenvalue weighted by atomic mass is 16.5. The zero-order valence-electron chi connectivity index (χ0n) is 10.9. The average molecular weight is 255 g/mol. The molecule has 98 valence electrons. The molecule has 3 nitrogen and oxygen atoms in total. The second-order valence-corrected chi connectivity index (χ2v) is 4.29. The molecule has 0 aliphatic carbocycles. The van der Waals surface area contributed by atoms with Crippen LogP contribution in [-0.4, -0.2) is 17.5 Å². The highest BCUT2D eigenvalue weighted by molar-refractivity contribution is 5.98. The van der Waals surface area contributed by atoms with Crippen molar-refractivity contribution in [2.45, 2.75) is 13.3 Å². The van der Waals surface area contributed by atoms with E-state index in [9.17, 15) is 0 Å². The molecule has 2 aromatic carbocycles. The second kappa shape index (κ2) is 6.59. The molecule has 2 rings (SSSR count). The summed E-state index contributed by atoms with van der Waals surface area (Å²) in [5, 5.41) is 11.8. The van der Waals surface area contributed by atoms with Gasteiger partial charge in [-0.3, -0.25) is 0 Å². The molecule has 0 bridgehead atoms. The van der Waals surface area contributed by atoms with Crippen LogP contribution in [0.25, 0.3) is 0 Å². The first-order valence-electron chi connectivity index (χ1n) is 6.25. The van der Waals surface area contributed by atoms with Crippen molar-refractivity contribution in [3.63, 3.8) is 0 Å². The summed E-state index contributed by atoms with van der Waals surface area (Å²) in [6.45, 7) is 2.40. The average Bonchev–Trinajstić information content (AvgIpc) is 2.48. The van der Waals surface area contributed by atoms with Gasteiger partial charge in [0.05, 0.1) is 12.3 Å². The fraction of sp³-hybridized carbons (Fsp3) is 0.188. The van der Waals surface area contributed by atoms with E-state index in [0.717, 1.165) is 17.7 Å². The molecule has 0 unspecified atom stereocenters. The molecule has 0 spiro atoms. The van der Waals surface area contributed by atoms with Gasteiger partial charge in [0.1, 0.15) is 5.75 Å². The monoisotopic (exact) mass is 255 g/mol. The topological polar surface area (TPSA) is 41.8 Å². The van der Waals surface area contributed by atoms with Crippen LogP contribution in [0.5, 0.6) is 5.75 Å². The third-order valence-corrected chi connectivity index (χ3v) is 2.92. The van der Waals surface area contributed by atoms with E-state index in [4.69, 9.17) is 9.94 Å². The minimum atomic E-state index is 0.593. The summed E-state index contributed by atoms with van der Waals surface area (Å²) in [6, 6.07) is 17.8. The first-order valence-corrected chi connectivity index (χ1v) is 6.25. The van der Waals surface area contributed by atoms with Gasteiger partial charge in [-0.1, -0.05) is 35.5 Å². The second-order valence-electron chi connectivity index (χ2n) is 4.29. The molecular formula is C16H17NO2. The minimum Gasteiger partial charge on any atom is -0.493 e. The summed E-state index contributed by atoms with van der Waals surface area (Å²) in [7, 11) is 0. The fourth-order valence-electron chi connectivity index (χ4n) is 1.78. The number of rotatable bonds is 5. The maximum Gasteiger partial charge on any atom is 0.119 e. The van der Waals surface area contributed by atoms with Crippen molar-refractivity contribution in [3.8, 4) is 5.75 Å². The van der Waals surface area contributed by atoms with Crippen molar-refractivity contribution in [1.29, 1.82) is 0 Å². The van der Waals surface area contributed by atoms with Gasteiger partial charge in [0.15, 0.2) is 0 Å². The smallest absolute Gasteiger partial charge is 0.119 e. The molecule has 0 saturated heterocycles. The van der Waals surface area contributed by atoms with E-state index in [1.54, 1.807) is 6.92 Å². The van der Waals surface area contributed by atoms with Crippen LogP contribution in [0.4, 0.5) is 0 Å². The first-order chi connectivity index (χ1) is 9.29. The Bertz CT molecular complexity index is 532. The lowest BCUT2D eigenvalue weighted by Crippen LogP contribution is -2.01. The van der Waals surface area contributed by atoms with Crippen LogP contribution < -0.4 is 4.74 Å². The van der Waals surface area contributed by atoms with Crippen LogP contribution in [0.1, 0.15) is 18.1 Å². The molecule has 0 heterocycles. The van der Waals surface area contributed by atoms with E-state index in [-0.39, 0.29) is 0 Å². The van der Waals surface area contributed by atoms with Crippen molar-refractivity contribution in [2.75, 3.05) is 6.61 Å². The maximum atomic E-state index is 8.68. The lowest BCUT2D eigenvalue weighted by atomic mass is 10.1. The highest BCUT2D eigenvalue weighted by Crippen LogP contribution is 2.13. The predicted molar refractivity (Wildman–Crippen MR) is 76.1 cm³/mol. The Morgan fingerprint density at radius 2 is 1.74 bits per heavy atom. The van der Waals surface area contributed by atoms with Crippen molar-refractivity contribution in [1.82, 2.24) is 0 Å². The summed E-state index contributed by atoms with van der Waals surface area (Å²) in [5.41, 5.74) is 2.75. The molecule has 0 aromatic heterocycles. The van der Waals surface area contributed by atoms with Crippen LogP contribution in [0.3, 0.4) is 0 Å². The van der Waals surface area contributed by atoms with Gasteiger partial charge in [0.2, 0.25) is 0 Å². The predicted octanol–water partition coefficient (Wildman–Crippen LogP) is 3.51. The number of benzene rings is 2. The normalized spacial score (nSPS) is 11.3. The highest BCUT2D eigenvalue weighted by Gasteiger charge is 1.99. The molecule has 1 N–H and O–H groups in total. The van der Waals surface area contributed by atoms with E-state index >= 15 is 0 Å². The molecule has 2 aromatic rings. The van der Waals surface area contributed by atoms with Crippen molar-refractivity contribution in [3.05, 3.63) is 65.7 Å². The Labute approximate surface area is 113 Å². The molecule has 0 aliphatic rings. The molecule has 19 heavy (non-hydrogen) atoms. The molecule has 0 saturated carbocycles. The van der Waals surface area contributed by atoms with E-state index in [0.29, 0.717) is 12.3 Å². The molecule has 0 atom stereocenters. The van der Waals surface area contributed by atoms with Gasteiger partial charge in [-0.25, -0.2) is 0 Å². The van der Waals surface area contributed by atoms with Crippen LogP contribution in [0.15, 0.2) is 59.8 Å². The standard InChI is InChI=1S/C16H17NO2/c1-13(17-18)15-7-9-16(10-8-15)19-12-11-14-5-3-2-4-6-14/h2-10,18H,11-12H2,1H3/b17-13-. The van der Waals surface area contributed by atoms with Crippen LogP contribution in [0.2, 0.25) is 0 Å². The van der Waals surface area contributed by atoms with Gasteiger partial charge in [0.25, 0.3) is 0 Å². The van der Waals surface area contributed by atoms with Crippen molar-refractivity contribution in [2.24, 2.45) is 5.16 Å². The summed E-state index contributed by atoms with van der Waals surface area (Å²) in [5.74, 6) is 0.824. The number of nitrogens with zero attached hydrogens (tertiary/aromatic N) is 1. The number of oxime groups is 1. The van der Waals surface area contributed by atoms with Crippen LogP contribution in [-0.2, 0) is 6.42 Å². The van der Waals surface area contributed by atoms with E-state index < -0.39 is 0 Å². The van der Waals surface area contributed by atoms with Gasteiger partial charge in [0, 0.05) is 6.42 Å². The summed E-state index contributed by atoms with van der Waals surface area (Å²) in [4.78, 5) is 0. The van der Waals surface area contributed by atoms with Gasteiger partial charge in [-0.2, -0.15) is 0 Å². The summed E-state index contributed by atoms with van der Waals surface area (Å²) >= 11 is 0. The first kappa shape index (κ1) is 13.1. The summed E-state index contributed by atoms with van der Waals surface area (Å²) in [6.07, 6.45) is 0.889. The SMILES string of the molecule is C/C(=N/O)c1ccc(OCCc2ccccc2)cc1. The summed E-state index contributed by atoms with van der Waals surface area (Å²) < 4.78 is 5.68. The van der Waals surface area contributed by atoms with Gasteiger partial charge in [-0.05, 0) is 42.3 Å². The van der Waals surface area contributed by atoms with E-state index in [1.807, 2.05) is 42.5 Å². The number of hydrogen-bond donors (Lipinski definition) is 1. The molecule has 0 radical (unpaired) electrons. The Kier molecular flexibility index (Phi) is 4.56. The molecule has 0 fully saturated rings. The Balaban J connectivity index is 1.87. The van der Waals surface area contributed by atoms with Gasteiger partial charge >= 0.3 is 0 Å². The fourth-order valence-corrected chi connectivity index (χ4v) is 1.78. The lowest BCUT2D eigenvalue weighted by Gasteiger charge is -2.07. The van der Waals surface area contributed by atoms with E-state index in [1.165, 1.54) is 5.56 Å². The van der Waals surface area contributed by atoms with Gasteiger partial charge < -0.3 is 9.94 Å². The van der Waals surface area contributed by atoms with Crippen LogP contribution in [0, 0.1) is 0 Å². The van der Waals surface area contributed by atoms with E-state index in [2.05, 4.69) is 17.3 Å². The third-order valence-electron chi connectivity index (χ3n) is 2.92.